The first-order valence-corrected chi connectivity index (χ1v) is 9.77. The van der Waals surface area contributed by atoms with Crippen LogP contribution in [-0.2, 0) is 16.1 Å². The van der Waals surface area contributed by atoms with Crippen LogP contribution in [0.4, 0.5) is 11.6 Å². The maximum atomic E-state index is 11.9. The number of phenols is 1. The van der Waals surface area contributed by atoms with Crippen LogP contribution in [-0.4, -0.2) is 37.6 Å². The topological polar surface area (TPSA) is 121 Å². The molecule has 152 valence electrons. The summed E-state index contributed by atoms with van der Waals surface area (Å²) in [6.45, 7) is 0.488. The molecule has 1 saturated heterocycles. The number of aromatic hydroxyl groups is 1. The molecular formula is C21H20N6O3. The number of anilines is 2. The summed E-state index contributed by atoms with van der Waals surface area (Å²) in [5, 5.41) is 23.1. The van der Waals surface area contributed by atoms with Crippen molar-refractivity contribution in [3.63, 3.8) is 0 Å². The fourth-order valence-electron chi connectivity index (χ4n) is 3.38. The Morgan fingerprint density at radius 1 is 1.27 bits per heavy atom. The molecule has 2 fully saturated rings. The highest BCUT2D eigenvalue weighted by Gasteiger charge is 2.25. The summed E-state index contributed by atoms with van der Waals surface area (Å²) in [6.07, 6.45) is 5.57. The van der Waals surface area contributed by atoms with Gasteiger partial charge in [0, 0.05) is 29.8 Å². The average Bonchev–Trinajstić information content (AvgIpc) is 3.35. The van der Waals surface area contributed by atoms with E-state index < -0.39 is 0 Å². The average molecular weight is 404 g/mol. The van der Waals surface area contributed by atoms with Crippen molar-refractivity contribution in [3.05, 3.63) is 53.2 Å². The number of imide groups is 1. The summed E-state index contributed by atoms with van der Waals surface area (Å²) in [7, 11) is 0. The Morgan fingerprint density at radius 3 is 2.87 bits per heavy atom. The maximum Gasteiger partial charge on any atom is 0.254 e. The van der Waals surface area contributed by atoms with Gasteiger partial charge >= 0.3 is 0 Å². The van der Waals surface area contributed by atoms with Crippen LogP contribution in [0.2, 0.25) is 0 Å². The summed E-state index contributed by atoms with van der Waals surface area (Å²) in [4.78, 5) is 28.1. The minimum absolute atomic E-state index is 0.0544. The van der Waals surface area contributed by atoms with Gasteiger partial charge in [-0.1, -0.05) is 12.1 Å². The monoisotopic (exact) mass is 404 g/mol. The third kappa shape index (κ3) is 3.69. The number of benzene rings is 1. The highest BCUT2D eigenvalue weighted by molar-refractivity contribution is 6.15. The van der Waals surface area contributed by atoms with Gasteiger partial charge < -0.3 is 15.7 Å². The quantitative estimate of drug-likeness (QED) is 0.366. The van der Waals surface area contributed by atoms with E-state index in [2.05, 4.69) is 26.0 Å². The van der Waals surface area contributed by atoms with Crippen molar-refractivity contribution in [1.29, 1.82) is 0 Å². The van der Waals surface area contributed by atoms with E-state index in [0.717, 1.165) is 24.2 Å². The summed E-state index contributed by atoms with van der Waals surface area (Å²) in [5.74, 6) is 0.968. The van der Waals surface area contributed by atoms with Crippen molar-refractivity contribution in [2.75, 3.05) is 10.6 Å². The van der Waals surface area contributed by atoms with Gasteiger partial charge in [-0.3, -0.25) is 14.9 Å². The molecule has 1 saturated carbocycles. The number of amides is 2. The fourth-order valence-corrected chi connectivity index (χ4v) is 3.38. The molecule has 0 radical (unpaired) electrons. The first-order valence-electron chi connectivity index (χ1n) is 9.77. The highest BCUT2D eigenvalue weighted by Crippen LogP contribution is 2.28. The molecule has 9 heteroatoms. The van der Waals surface area contributed by atoms with Gasteiger partial charge in [-0.15, -0.1) is 0 Å². The van der Waals surface area contributed by atoms with Crippen molar-refractivity contribution in [1.82, 2.24) is 19.9 Å². The molecule has 2 aliphatic rings. The van der Waals surface area contributed by atoms with E-state index >= 15 is 0 Å². The van der Waals surface area contributed by atoms with Crippen LogP contribution in [0.15, 0.2) is 42.1 Å². The Hall–Kier alpha value is -3.88. The predicted molar refractivity (Wildman–Crippen MR) is 111 cm³/mol. The SMILES string of the molecule is O=C1C/C(=C\c2cnn3c(NC4CC4)cc(NCc4cccc(O)c4)nc23)C(=O)N1. The van der Waals surface area contributed by atoms with Crippen LogP contribution >= 0.6 is 0 Å². The number of hydrogen-bond donors (Lipinski definition) is 4. The number of fused-ring (bicyclic) bond motifs is 1. The number of phenolic OH excluding ortho intramolecular Hbond substituents is 1. The Balaban J connectivity index is 1.50. The molecule has 3 aromatic rings. The lowest BCUT2D eigenvalue weighted by atomic mass is 10.1. The Kier molecular flexibility index (Phi) is 4.35. The third-order valence-electron chi connectivity index (χ3n) is 5.04. The molecule has 4 N–H and O–H groups in total. The van der Waals surface area contributed by atoms with E-state index in [1.807, 2.05) is 12.1 Å². The molecule has 0 spiro atoms. The van der Waals surface area contributed by atoms with Crippen molar-refractivity contribution >= 4 is 35.2 Å². The number of aromatic nitrogens is 3. The lowest BCUT2D eigenvalue weighted by molar-refractivity contribution is -0.124. The van der Waals surface area contributed by atoms with Gasteiger partial charge in [0.2, 0.25) is 5.91 Å². The van der Waals surface area contributed by atoms with Gasteiger partial charge in [-0.05, 0) is 36.6 Å². The number of nitrogens with zero attached hydrogens (tertiary/aromatic N) is 3. The molecule has 0 unspecified atom stereocenters. The molecule has 1 aliphatic heterocycles. The lowest BCUT2D eigenvalue weighted by Crippen LogP contribution is -2.19. The van der Waals surface area contributed by atoms with Crippen LogP contribution in [0.1, 0.15) is 30.4 Å². The number of nitrogens with one attached hydrogen (secondary N) is 3. The number of carbonyl (C=O) groups is 2. The molecule has 5 rings (SSSR count). The second kappa shape index (κ2) is 7.18. The Morgan fingerprint density at radius 2 is 2.13 bits per heavy atom. The van der Waals surface area contributed by atoms with Crippen LogP contribution < -0.4 is 16.0 Å². The third-order valence-corrected chi connectivity index (χ3v) is 5.04. The van der Waals surface area contributed by atoms with Crippen LogP contribution in [0, 0.1) is 0 Å². The largest absolute Gasteiger partial charge is 0.508 e. The van der Waals surface area contributed by atoms with E-state index in [9.17, 15) is 14.7 Å². The molecule has 2 amide bonds. The zero-order chi connectivity index (χ0) is 20.7. The Bertz CT molecular complexity index is 1190. The lowest BCUT2D eigenvalue weighted by Gasteiger charge is -2.12. The van der Waals surface area contributed by atoms with E-state index in [0.29, 0.717) is 35.2 Å². The van der Waals surface area contributed by atoms with Crippen LogP contribution in [0.5, 0.6) is 5.75 Å². The molecule has 0 bridgehead atoms. The molecule has 3 heterocycles. The van der Waals surface area contributed by atoms with E-state index in [1.54, 1.807) is 35.0 Å². The first kappa shape index (κ1) is 18.2. The molecule has 1 aromatic carbocycles. The van der Waals surface area contributed by atoms with Gasteiger partial charge in [0.15, 0.2) is 5.65 Å². The maximum absolute atomic E-state index is 11.9. The Labute approximate surface area is 171 Å². The standard InChI is InChI=1S/C21H20N6O3/c28-16-3-1-2-12(6-16)10-22-17-9-18(24-15-4-5-15)27-20(25-17)14(11-23-27)7-13-8-19(29)26-21(13)30/h1-3,6-7,9,11,15,24,28H,4-5,8,10H2,(H,22,25)(H,26,29,30)/b13-7+. The predicted octanol–water partition coefficient (Wildman–Crippen LogP) is 2.05. The van der Waals surface area contributed by atoms with E-state index in [-0.39, 0.29) is 24.0 Å². The zero-order valence-corrected chi connectivity index (χ0v) is 16.1. The van der Waals surface area contributed by atoms with Crippen molar-refractivity contribution in [2.24, 2.45) is 0 Å². The van der Waals surface area contributed by atoms with Crippen LogP contribution in [0.3, 0.4) is 0 Å². The summed E-state index contributed by atoms with van der Waals surface area (Å²) in [5.41, 5.74) is 2.56. The fraction of sp³-hybridized carbons (Fsp3) is 0.238. The number of hydrogen-bond acceptors (Lipinski definition) is 7. The van der Waals surface area contributed by atoms with E-state index in [4.69, 9.17) is 0 Å². The van der Waals surface area contributed by atoms with E-state index in [1.165, 1.54) is 0 Å². The molecule has 1 aliphatic carbocycles. The summed E-state index contributed by atoms with van der Waals surface area (Å²) >= 11 is 0. The molecule has 30 heavy (non-hydrogen) atoms. The van der Waals surface area contributed by atoms with Crippen molar-refractivity contribution < 1.29 is 14.7 Å². The molecule has 2 aromatic heterocycles. The summed E-state index contributed by atoms with van der Waals surface area (Å²) < 4.78 is 1.71. The van der Waals surface area contributed by atoms with Crippen molar-refractivity contribution in [3.8, 4) is 5.75 Å². The smallest absolute Gasteiger partial charge is 0.254 e. The number of carbonyl (C=O) groups excluding carboxylic acids is 2. The van der Waals surface area contributed by atoms with Crippen molar-refractivity contribution in [2.45, 2.75) is 31.8 Å². The molecule has 0 atom stereocenters. The van der Waals surface area contributed by atoms with Gasteiger partial charge in [-0.2, -0.15) is 9.61 Å². The molecular weight excluding hydrogens is 384 g/mol. The highest BCUT2D eigenvalue weighted by atomic mass is 16.3. The second-order valence-electron chi connectivity index (χ2n) is 7.53. The van der Waals surface area contributed by atoms with Gasteiger partial charge in [0.25, 0.3) is 5.91 Å². The van der Waals surface area contributed by atoms with Gasteiger partial charge in [0.05, 0.1) is 12.6 Å². The summed E-state index contributed by atoms with van der Waals surface area (Å²) in [6, 6.07) is 9.33. The minimum atomic E-state index is -0.381. The number of rotatable bonds is 6. The van der Waals surface area contributed by atoms with Gasteiger partial charge in [0.1, 0.15) is 17.4 Å². The molecule has 9 nitrogen and oxygen atoms in total. The minimum Gasteiger partial charge on any atom is -0.508 e. The first-order chi connectivity index (χ1) is 14.5. The zero-order valence-electron chi connectivity index (χ0n) is 16.1. The van der Waals surface area contributed by atoms with Crippen LogP contribution in [0.25, 0.3) is 11.7 Å². The normalized spacial score (nSPS) is 17.5. The second-order valence-corrected chi connectivity index (χ2v) is 7.53. The van der Waals surface area contributed by atoms with Gasteiger partial charge in [-0.25, -0.2) is 4.98 Å².